The molecule has 82 valence electrons. The van der Waals surface area contributed by atoms with Crippen LogP contribution in [0.5, 0.6) is 0 Å². The minimum Gasteiger partial charge on any atom is -0.477 e. The van der Waals surface area contributed by atoms with Crippen LogP contribution in [0, 0.1) is 0 Å². The minimum absolute atomic E-state index is 0.0348. The number of carbonyl (C=O) groups is 1. The van der Waals surface area contributed by atoms with Gasteiger partial charge in [0.25, 0.3) is 0 Å². The highest BCUT2D eigenvalue weighted by atomic mass is 35.5. The summed E-state index contributed by atoms with van der Waals surface area (Å²) in [6, 6.07) is 6.96. The normalized spacial score (nSPS) is 10.3. The summed E-state index contributed by atoms with van der Waals surface area (Å²) in [6.45, 7) is 0. The van der Waals surface area contributed by atoms with Gasteiger partial charge in [0, 0.05) is 6.20 Å². The van der Waals surface area contributed by atoms with Gasteiger partial charge in [0.05, 0.1) is 10.7 Å². The van der Waals surface area contributed by atoms with Gasteiger partial charge >= 0.3 is 5.97 Å². The zero-order valence-corrected chi connectivity index (χ0v) is 8.85. The Morgan fingerprint density at radius 1 is 1.44 bits per heavy atom. The summed E-state index contributed by atoms with van der Waals surface area (Å²) in [6.07, 6.45) is 1.33. The van der Waals surface area contributed by atoms with Crippen LogP contribution in [0.4, 0.5) is 5.82 Å². The average Bonchev–Trinajstić information content (AvgIpc) is 2.61. The number of halogens is 1. The predicted octanol–water partition coefficient (Wildman–Crippen LogP) is 1.81. The summed E-state index contributed by atoms with van der Waals surface area (Å²) >= 11 is 5.95. The van der Waals surface area contributed by atoms with Crippen LogP contribution in [0.2, 0.25) is 5.02 Å². The van der Waals surface area contributed by atoms with E-state index in [1.54, 1.807) is 24.3 Å². The number of nitrogen functional groups attached to an aromatic ring is 1. The van der Waals surface area contributed by atoms with Crippen LogP contribution in [-0.4, -0.2) is 20.9 Å². The molecule has 2 rings (SSSR count). The Morgan fingerprint density at radius 3 is 2.69 bits per heavy atom. The Labute approximate surface area is 96.1 Å². The van der Waals surface area contributed by atoms with Gasteiger partial charge in [-0.15, -0.1) is 5.10 Å². The Balaban J connectivity index is 2.54. The van der Waals surface area contributed by atoms with Gasteiger partial charge in [-0.25, -0.2) is 9.48 Å². The van der Waals surface area contributed by atoms with Crippen LogP contribution in [-0.2, 0) is 0 Å². The molecular formula is C10H8ClN3O2. The Bertz CT molecular complexity index is 551. The number of aromatic carboxylic acids is 1. The molecule has 5 nitrogen and oxygen atoms in total. The molecule has 0 radical (unpaired) electrons. The quantitative estimate of drug-likeness (QED) is 0.835. The highest BCUT2D eigenvalue weighted by Gasteiger charge is 2.14. The van der Waals surface area contributed by atoms with Gasteiger partial charge in [0.1, 0.15) is 5.56 Å². The van der Waals surface area contributed by atoms with Gasteiger partial charge < -0.3 is 10.8 Å². The molecule has 1 heterocycles. The van der Waals surface area contributed by atoms with E-state index in [1.807, 2.05) is 0 Å². The maximum Gasteiger partial charge on any atom is 0.341 e. The maximum atomic E-state index is 10.8. The average molecular weight is 238 g/mol. The third kappa shape index (κ3) is 1.72. The van der Waals surface area contributed by atoms with Gasteiger partial charge in [0.15, 0.2) is 5.82 Å². The summed E-state index contributed by atoms with van der Waals surface area (Å²) in [5.41, 5.74) is 6.02. The van der Waals surface area contributed by atoms with E-state index >= 15 is 0 Å². The van der Waals surface area contributed by atoms with Gasteiger partial charge in [-0.3, -0.25) is 0 Å². The van der Waals surface area contributed by atoms with E-state index in [0.717, 1.165) is 0 Å². The van der Waals surface area contributed by atoms with Crippen LogP contribution in [0.15, 0.2) is 30.5 Å². The Kier molecular flexibility index (Phi) is 2.54. The standard InChI is InChI=1S/C10H8ClN3O2/c11-7-3-1-2-4-8(7)14-5-6(10(15)16)9(12)13-14/h1-5H,(H2,12,13)(H,15,16). The first-order valence-corrected chi connectivity index (χ1v) is 4.80. The Morgan fingerprint density at radius 2 is 2.12 bits per heavy atom. The molecule has 0 fully saturated rings. The number of para-hydroxylation sites is 1. The number of hydrogen-bond donors (Lipinski definition) is 2. The summed E-state index contributed by atoms with van der Waals surface area (Å²) < 4.78 is 1.35. The van der Waals surface area contributed by atoms with Crippen molar-refractivity contribution in [3.63, 3.8) is 0 Å². The molecule has 0 saturated carbocycles. The second kappa shape index (κ2) is 3.86. The molecule has 0 aliphatic carbocycles. The van der Waals surface area contributed by atoms with E-state index in [1.165, 1.54) is 10.9 Å². The SMILES string of the molecule is Nc1nn(-c2ccccc2Cl)cc1C(=O)O. The van der Waals surface area contributed by atoms with Crippen molar-refractivity contribution < 1.29 is 9.90 Å². The smallest absolute Gasteiger partial charge is 0.341 e. The number of rotatable bonds is 2. The molecule has 0 aliphatic heterocycles. The van der Waals surface area contributed by atoms with Gasteiger partial charge in [-0.05, 0) is 12.1 Å². The molecular weight excluding hydrogens is 230 g/mol. The number of hydrogen-bond acceptors (Lipinski definition) is 3. The second-order valence-corrected chi connectivity index (χ2v) is 3.54. The van der Waals surface area contributed by atoms with Crippen molar-refractivity contribution in [3.8, 4) is 5.69 Å². The van der Waals surface area contributed by atoms with Crippen LogP contribution < -0.4 is 5.73 Å². The van der Waals surface area contributed by atoms with E-state index in [-0.39, 0.29) is 11.4 Å². The molecule has 0 aliphatic rings. The molecule has 0 unspecified atom stereocenters. The molecule has 0 bridgehead atoms. The fraction of sp³-hybridized carbons (Fsp3) is 0. The van der Waals surface area contributed by atoms with Crippen LogP contribution in [0.25, 0.3) is 5.69 Å². The van der Waals surface area contributed by atoms with Crippen molar-refractivity contribution >= 4 is 23.4 Å². The lowest BCUT2D eigenvalue weighted by atomic mass is 10.3. The number of aromatic nitrogens is 2. The summed E-state index contributed by atoms with van der Waals surface area (Å²) in [7, 11) is 0. The second-order valence-electron chi connectivity index (χ2n) is 3.13. The first-order valence-electron chi connectivity index (χ1n) is 4.43. The van der Waals surface area contributed by atoms with Gasteiger partial charge in [-0.1, -0.05) is 23.7 Å². The molecule has 0 amide bonds. The molecule has 0 spiro atoms. The van der Waals surface area contributed by atoms with Crippen LogP contribution in [0.3, 0.4) is 0 Å². The molecule has 1 aromatic carbocycles. The van der Waals surface area contributed by atoms with Gasteiger partial charge in [0.2, 0.25) is 0 Å². The Hall–Kier alpha value is -2.01. The van der Waals surface area contributed by atoms with Gasteiger partial charge in [-0.2, -0.15) is 0 Å². The number of anilines is 1. The summed E-state index contributed by atoms with van der Waals surface area (Å²) in [5, 5.41) is 13.2. The third-order valence-corrected chi connectivity index (χ3v) is 2.39. The van der Waals surface area contributed by atoms with E-state index in [2.05, 4.69) is 5.10 Å². The number of nitrogens with zero attached hydrogens (tertiary/aromatic N) is 2. The van der Waals surface area contributed by atoms with Crippen molar-refractivity contribution in [3.05, 3.63) is 41.0 Å². The van der Waals surface area contributed by atoms with E-state index in [4.69, 9.17) is 22.4 Å². The first kappa shape index (κ1) is 10.5. The number of carboxylic acid groups (broad SMARTS) is 1. The number of carboxylic acids is 1. The predicted molar refractivity (Wildman–Crippen MR) is 59.9 cm³/mol. The lowest BCUT2D eigenvalue weighted by molar-refractivity contribution is 0.0698. The topological polar surface area (TPSA) is 81.1 Å². The fourth-order valence-electron chi connectivity index (χ4n) is 1.31. The first-order chi connectivity index (χ1) is 7.59. The summed E-state index contributed by atoms with van der Waals surface area (Å²) in [5.74, 6) is -1.15. The largest absolute Gasteiger partial charge is 0.477 e. The van der Waals surface area contributed by atoms with E-state index in [9.17, 15) is 4.79 Å². The zero-order valence-electron chi connectivity index (χ0n) is 8.09. The zero-order chi connectivity index (χ0) is 11.7. The summed E-state index contributed by atoms with van der Waals surface area (Å²) in [4.78, 5) is 10.8. The number of benzene rings is 1. The fourth-order valence-corrected chi connectivity index (χ4v) is 1.54. The van der Waals surface area contributed by atoms with Crippen molar-refractivity contribution in [2.24, 2.45) is 0 Å². The van der Waals surface area contributed by atoms with Crippen molar-refractivity contribution in [1.82, 2.24) is 9.78 Å². The molecule has 0 saturated heterocycles. The highest BCUT2D eigenvalue weighted by molar-refractivity contribution is 6.32. The van der Waals surface area contributed by atoms with Crippen LogP contribution >= 0.6 is 11.6 Å². The lowest BCUT2D eigenvalue weighted by Crippen LogP contribution is -1.98. The minimum atomic E-state index is -1.11. The molecule has 16 heavy (non-hydrogen) atoms. The molecule has 6 heteroatoms. The van der Waals surface area contributed by atoms with E-state index in [0.29, 0.717) is 10.7 Å². The van der Waals surface area contributed by atoms with Crippen LogP contribution in [0.1, 0.15) is 10.4 Å². The monoisotopic (exact) mass is 237 g/mol. The lowest BCUT2D eigenvalue weighted by Gasteiger charge is -2.02. The number of nitrogens with two attached hydrogens (primary N) is 1. The highest BCUT2D eigenvalue weighted by Crippen LogP contribution is 2.21. The molecule has 3 N–H and O–H groups in total. The molecule has 0 atom stereocenters. The van der Waals surface area contributed by atoms with E-state index < -0.39 is 5.97 Å². The molecule has 2 aromatic rings. The van der Waals surface area contributed by atoms with Crippen molar-refractivity contribution in [2.75, 3.05) is 5.73 Å². The maximum absolute atomic E-state index is 10.8. The molecule has 1 aromatic heterocycles. The third-order valence-electron chi connectivity index (χ3n) is 2.07. The van der Waals surface area contributed by atoms with Crippen molar-refractivity contribution in [2.45, 2.75) is 0 Å². The van der Waals surface area contributed by atoms with Crippen molar-refractivity contribution in [1.29, 1.82) is 0 Å².